The lowest BCUT2D eigenvalue weighted by atomic mass is 9.86. The quantitative estimate of drug-likeness (QED) is 0.625. The molecule has 0 saturated carbocycles. The predicted octanol–water partition coefficient (Wildman–Crippen LogP) is 1.03. The molecule has 0 bridgehead atoms. The number of hydrogen-bond donors (Lipinski definition) is 1. The van der Waals surface area contributed by atoms with Crippen molar-refractivity contribution in [3.05, 3.63) is 35.9 Å². The molecule has 1 aromatic carbocycles. The van der Waals surface area contributed by atoms with Crippen molar-refractivity contribution in [2.45, 2.75) is 25.2 Å². The lowest BCUT2D eigenvalue weighted by molar-refractivity contribution is -0.0886. The highest BCUT2D eigenvalue weighted by Crippen LogP contribution is 2.37. The summed E-state index contributed by atoms with van der Waals surface area (Å²) in [6.07, 6.45) is -0.851. The van der Waals surface area contributed by atoms with Crippen LogP contribution in [0.2, 0.25) is 0 Å². The van der Waals surface area contributed by atoms with Gasteiger partial charge in [0, 0.05) is 6.42 Å². The number of nitrogens with zero attached hydrogens (tertiary/aromatic N) is 2. The van der Waals surface area contributed by atoms with E-state index in [2.05, 4.69) is 5.16 Å². The molecular weight excluding hydrogens is 234 g/mol. The number of carbonyl (C=O) groups is 1. The van der Waals surface area contributed by atoms with Crippen LogP contribution in [0.25, 0.3) is 0 Å². The SMILES string of the molecule is CC1=NO[C@H]2OC(=O)N(N)[C@@]12Cc1ccccc1. The first kappa shape index (κ1) is 11.0. The molecule has 2 N–H and O–H groups in total. The fourth-order valence-corrected chi connectivity index (χ4v) is 2.39. The second-order valence-corrected chi connectivity index (χ2v) is 4.45. The number of hydrazine groups is 1. The largest absolute Gasteiger partial charge is 0.428 e. The van der Waals surface area contributed by atoms with Crippen molar-refractivity contribution in [3.8, 4) is 0 Å². The third-order valence-corrected chi connectivity index (χ3v) is 3.45. The highest BCUT2D eigenvalue weighted by atomic mass is 16.8. The van der Waals surface area contributed by atoms with E-state index < -0.39 is 17.9 Å². The van der Waals surface area contributed by atoms with E-state index in [1.807, 2.05) is 30.3 Å². The third-order valence-electron chi connectivity index (χ3n) is 3.45. The maximum atomic E-state index is 11.6. The average Bonchev–Trinajstić information content (AvgIpc) is 2.80. The van der Waals surface area contributed by atoms with Gasteiger partial charge in [0.05, 0.1) is 5.71 Å². The van der Waals surface area contributed by atoms with Crippen molar-refractivity contribution >= 4 is 11.8 Å². The number of hydrogen-bond acceptors (Lipinski definition) is 5. The van der Waals surface area contributed by atoms with Gasteiger partial charge in [0.25, 0.3) is 0 Å². The number of oxime groups is 1. The number of ether oxygens (including phenoxy) is 1. The van der Waals surface area contributed by atoms with Gasteiger partial charge < -0.3 is 9.57 Å². The van der Waals surface area contributed by atoms with Gasteiger partial charge >= 0.3 is 12.4 Å². The number of benzene rings is 1. The zero-order valence-corrected chi connectivity index (χ0v) is 9.87. The van der Waals surface area contributed by atoms with Crippen molar-refractivity contribution in [1.29, 1.82) is 0 Å². The Morgan fingerprint density at radius 2 is 2.17 bits per heavy atom. The molecule has 6 heteroatoms. The van der Waals surface area contributed by atoms with Gasteiger partial charge in [-0.05, 0) is 12.5 Å². The summed E-state index contributed by atoms with van der Waals surface area (Å²) in [6.45, 7) is 1.78. The van der Waals surface area contributed by atoms with Crippen molar-refractivity contribution < 1.29 is 14.4 Å². The maximum absolute atomic E-state index is 11.6. The van der Waals surface area contributed by atoms with Crippen LogP contribution in [0.4, 0.5) is 4.79 Å². The van der Waals surface area contributed by atoms with Gasteiger partial charge in [-0.2, -0.15) is 0 Å². The number of amides is 1. The molecule has 94 valence electrons. The van der Waals surface area contributed by atoms with E-state index >= 15 is 0 Å². The highest BCUT2D eigenvalue weighted by Gasteiger charge is 2.61. The minimum Gasteiger partial charge on any atom is -0.403 e. The Morgan fingerprint density at radius 1 is 1.44 bits per heavy atom. The molecule has 18 heavy (non-hydrogen) atoms. The van der Waals surface area contributed by atoms with Crippen LogP contribution in [0, 0.1) is 0 Å². The lowest BCUT2D eigenvalue weighted by Crippen LogP contribution is -2.58. The molecule has 2 atom stereocenters. The van der Waals surface area contributed by atoms with E-state index in [9.17, 15) is 4.79 Å². The first-order valence-corrected chi connectivity index (χ1v) is 5.65. The van der Waals surface area contributed by atoms with Gasteiger partial charge in [0.1, 0.15) is 0 Å². The van der Waals surface area contributed by atoms with Crippen LogP contribution in [0.15, 0.2) is 35.5 Å². The number of rotatable bonds is 2. The van der Waals surface area contributed by atoms with Crippen molar-refractivity contribution in [3.63, 3.8) is 0 Å². The van der Waals surface area contributed by atoms with Gasteiger partial charge in [0.15, 0.2) is 5.54 Å². The molecule has 2 aliphatic heterocycles. The molecule has 2 heterocycles. The number of carbonyl (C=O) groups excluding carboxylic acids is 1. The Balaban J connectivity index is 2.00. The maximum Gasteiger partial charge on any atom is 0.428 e. The minimum absolute atomic E-state index is 0.510. The van der Waals surface area contributed by atoms with E-state index in [1.165, 1.54) is 0 Å². The van der Waals surface area contributed by atoms with Crippen LogP contribution in [-0.2, 0) is 16.0 Å². The molecule has 0 spiro atoms. The summed E-state index contributed by atoms with van der Waals surface area (Å²) in [5, 5.41) is 4.97. The van der Waals surface area contributed by atoms with Gasteiger partial charge in [0.2, 0.25) is 0 Å². The first-order chi connectivity index (χ1) is 8.64. The van der Waals surface area contributed by atoms with E-state index in [1.54, 1.807) is 6.92 Å². The van der Waals surface area contributed by atoms with Gasteiger partial charge in [-0.1, -0.05) is 35.5 Å². The monoisotopic (exact) mass is 247 g/mol. The Kier molecular flexibility index (Phi) is 2.27. The van der Waals surface area contributed by atoms with E-state index in [0.717, 1.165) is 10.6 Å². The molecule has 0 unspecified atom stereocenters. The third kappa shape index (κ3) is 1.32. The Bertz CT molecular complexity index is 517. The molecule has 0 radical (unpaired) electrons. The molecule has 1 aromatic rings. The first-order valence-electron chi connectivity index (χ1n) is 5.65. The fraction of sp³-hybridized carbons (Fsp3) is 0.333. The van der Waals surface area contributed by atoms with E-state index in [4.69, 9.17) is 15.4 Å². The Morgan fingerprint density at radius 3 is 2.89 bits per heavy atom. The van der Waals surface area contributed by atoms with Crippen LogP contribution < -0.4 is 5.84 Å². The van der Waals surface area contributed by atoms with Crippen molar-refractivity contribution in [1.82, 2.24) is 5.01 Å². The molecule has 0 aromatic heterocycles. The van der Waals surface area contributed by atoms with Crippen molar-refractivity contribution in [2.75, 3.05) is 0 Å². The summed E-state index contributed by atoms with van der Waals surface area (Å²) in [5.41, 5.74) is 0.847. The molecule has 1 fully saturated rings. The zero-order chi connectivity index (χ0) is 12.8. The van der Waals surface area contributed by atoms with Gasteiger partial charge in [-0.25, -0.2) is 15.6 Å². The van der Waals surface area contributed by atoms with Gasteiger partial charge in [-0.15, -0.1) is 0 Å². The molecule has 1 saturated heterocycles. The summed E-state index contributed by atoms with van der Waals surface area (Å²) in [4.78, 5) is 16.7. The van der Waals surface area contributed by atoms with E-state index in [0.29, 0.717) is 12.1 Å². The predicted molar refractivity (Wildman–Crippen MR) is 63.4 cm³/mol. The van der Waals surface area contributed by atoms with Crippen molar-refractivity contribution in [2.24, 2.45) is 11.0 Å². The fourth-order valence-electron chi connectivity index (χ4n) is 2.39. The summed E-state index contributed by atoms with van der Waals surface area (Å²) < 4.78 is 5.07. The zero-order valence-electron chi connectivity index (χ0n) is 9.87. The summed E-state index contributed by atoms with van der Waals surface area (Å²) in [7, 11) is 0. The number of nitrogens with two attached hydrogens (primary N) is 1. The van der Waals surface area contributed by atoms with Crippen LogP contribution in [0.1, 0.15) is 12.5 Å². The normalized spacial score (nSPS) is 29.7. The summed E-state index contributed by atoms with van der Waals surface area (Å²) in [5.74, 6) is 5.83. The molecular formula is C12H13N3O3. The average molecular weight is 247 g/mol. The Labute approximate surface area is 104 Å². The van der Waals surface area contributed by atoms with Crippen LogP contribution >= 0.6 is 0 Å². The standard InChI is InChI=1S/C12H13N3O3/c1-8-12(7-9-5-3-2-4-6-9)10(18-14-8)17-11(16)15(12)13/h2-6,10H,7,13H2,1H3/t10-,12+/m1/s1. The second-order valence-electron chi connectivity index (χ2n) is 4.45. The molecule has 3 rings (SSSR count). The van der Waals surface area contributed by atoms with Crippen LogP contribution in [0.5, 0.6) is 0 Å². The highest BCUT2D eigenvalue weighted by molar-refractivity contribution is 5.97. The summed E-state index contributed by atoms with van der Waals surface area (Å²) in [6, 6.07) is 9.73. The Hall–Kier alpha value is -2.08. The summed E-state index contributed by atoms with van der Waals surface area (Å²) >= 11 is 0. The topological polar surface area (TPSA) is 77.2 Å². The smallest absolute Gasteiger partial charge is 0.403 e. The van der Waals surface area contributed by atoms with E-state index in [-0.39, 0.29) is 0 Å². The molecule has 0 aliphatic carbocycles. The number of fused-ring (bicyclic) bond motifs is 1. The molecule has 6 nitrogen and oxygen atoms in total. The van der Waals surface area contributed by atoms with Crippen LogP contribution in [0.3, 0.4) is 0 Å². The lowest BCUT2D eigenvalue weighted by Gasteiger charge is -2.29. The molecule has 1 amide bonds. The van der Waals surface area contributed by atoms with Gasteiger partial charge in [-0.3, -0.25) is 0 Å². The second kappa shape index (κ2) is 3.71. The van der Waals surface area contributed by atoms with Crippen LogP contribution in [-0.4, -0.2) is 28.6 Å². The molecule has 2 aliphatic rings. The minimum atomic E-state index is -0.835.